The molecule has 5 saturated heterocycles. The van der Waals surface area contributed by atoms with Gasteiger partial charge in [0.05, 0.1) is 23.4 Å². The van der Waals surface area contributed by atoms with Gasteiger partial charge in [-0.2, -0.15) is 0 Å². The Kier molecular flexibility index (Phi) is 13.4. The predicted octanol–water partition coefficient (Wildman–Crippen LogP) is 0.975. The number of carbonyl (C=O) groups excluding carboxylic acids is 6. The molecule has 6 amide bonds. The van der Waals surface area contributed by atoms with Crippen molar-refractivity contribution in [2.75, 3.05) is 81.9 Å². The van der Waals surface area contributed by atoms with Gasteiger partial charge >= 0.3 is 0 Å². The van der Waals surface area contributed by atoms with Gasteiger partial charge in [-0.1, -0.05) is 36.4 Å². The number of aryl methyl sites for hydroxylation is 1. The highest BCUT2D eigenvalue weighted by Gasteiger charge is 2.46. The Morgan fingerprint density at radius 2 is 1.56 bits per heavy atom. The summed E-state index contributed by atoms with van der Waals surface area (Å²) in [6.07, 6.45) is 5.27. The van der Waals surface area contributed by atoms with E-state index in [1.807, 2.05) is 35.2 Å². The molecular weight excluding hydrogens is 867 g/mol. The van der Waals surface area contributed by atoms with E-state index in [4.69, 9.17) is 16.2 Å². The van der Waals surface area contributed by atoms with E-state index in [1.165, 1.54) is 0 Å². The minimum absolute atomic E-state index is 0.0455. The van der Waals surface area contributed by atoms with Gasteiger partial charge in [-0.3, -0.25) is 43.9 Å². The summed E-state index contributed by atoms with van der Waals surface area (Å²) in [5, 5.41) is 5.09. The molecular formula is C50H62N11O7+. The average molecular weight is 929 g/mol. The number of hydrogen-bond donors (Lipinski definition) is 5. The number of fused-ring (bicyclic) bond motifs is 3. The first-order valence-electron chi connectivity index (χ1n) is 23.8. The normalized spacial score (nSPS) is 22.9. The molecule has 18 nitrogen and oxygen atoms in total. The van der Waals surface area contributed by atoms with Crippen molar-refractivity contribution in [1.29, 1.82) is 0 Å². The van der Waals surface area contributed by atoms with Crippen LogP contribution in [0.2, 0.25) is 0 Å². The number of quaternary nitrogens is 1. The molecule has 9 rings (SSSR count). The highest BCUT2D eigenvalue weighted by molar-refractivity contribution is 6.25. The Labute approximate surface area is 396 Å². The number of carbonyl (C=O) groups is 6. The number of piperazine rings is 2. The van der Waals surface area contributed by atoms with Gasteiger partial charge in [0, 0.05) is 106 Å². The topological polar surface area (TPSA) is 235 Å². The maximum Gasteiger partial charge on any atom is 0.264 e. The summed E-state index contributed by atoms with van der Waals surface area (Å²) in [6, 6.07) is 21.1. The molecule has 0 spiro atoms. The molecule has 3 atom stereocenters. The summed E-state index contributed by atoms with van der Waals surface area (Å²) in [5.74, 6) is -1.47. The van der Waals surface area contributed by atoms with Gasteiger partial charge in [-0.05, 0) is 74.9 Å². The lowest BCUT2D eigenvalue weighted by atomic mass is 9.94. The molecule has 0 aliphatic carbocycles. The summed E-state index contributed by atoms with van der Waals surface area (Å²) in [6.45, 7) is 8.32. The molecule has 2 bridgehead atoms. The number of imide groups is 2. The number of benzene rings is 3. The third-order valence-corrected chi connectivity index (χ3v) is 14.5. The van der Waals surface area contributed by atoms with E-state index in [0.29, 0.717) is 88.0 Å². The third kappa shape index (κ3) is 9.47. The van der Waals surface area contributed by atoms with Gasteiger partial charge in [0.2, 0.25) is 29.4 Å². The highest BCUT2D eigenvalue weighted by atomic mass is 16.5. The zero-order valence-electron chi connectivity index (χ0n) is 38.7. The van der Waals surface area contributed by atoms with Crippen LogP contribution in [0.5, 0.6) is 5.75 Å². The fraction of sp³-hybridized carbons (Fsp3) is 0.440. The van der Waals surface area contributed by atoms with Gasteiger partial charge in [0.25, 0.3) is 11.8 Å². The number of nitrogens with zero attached hydrogens (tertiary/aromatic N) is 6. The smallest absolute Gasteiger partial charge is 0.264 e. The van der Waals surface area contributed by atoms with Crippen LogP contribution in [0.4, 0.5) is 11.4 Å². The Balaban J connectivity index is 0.695. The summed E-state index contributed by atoms with van der Waals surface area (Å²) >= 11 is 0. The standard InChI is InChI=1S/C50H61N11O7/c1-31-6-2-3-9-37(31)39(51)27-42(46(52)53)59-29-34-12-13-35(30-59)60(34)33-7-4-8-36(26-33)68-25-24-56-20-22-58(23-21-56)44(63)28-54-47(64)32-16-18-57(19-17-32)40-11-5-10-38-45(40)50(67)61(49(38)66)41-14-15-43(62)55-48(41)65/h2-11,26-27,32,34-35,41H,12-25,28-30,51-53H2,1H3,(H,54,64)(H,55,62,65)/p+1/b39-27-. The second-order valence-corrected chi connectivity index (χ2v) is 18.7. The first kappa shape index (κ1) is 46.2. The van der Waals surface area contributed by atoms with E-state index in [-0.39, 0.29) is 48.2 Å². The van der Waals surface area contributed by atoms with E-state index in [2.05, 4.69) is 62.3 Å². The van der Waals surface area contributed by atoms with Crippen LogP contribution >= 0.6 is 0 Å². The molecule has 3 unspecified atom stereocenters. The van der Waals surface area contributed by atoms with E-state index in [0.717, 1.165) is 65.6 Å². The molecule has 3 aromatic carbocycles. The van der Waals surface area contributed by atoms with Crippen LogP contribution in [-0.4, -0.2) is 145 Å². The van der Waals surface area contributed by atoms with Crippen molar-refractivity contribution in [2.24, 2.45) is 17.4 Å². The Hall–Kier alpha value is -6.92. The number of allylic oxidation sites excluding steroid dienone is 1. The van der Waals surface area contributed by atoms with Crippen molar-refractivity contribution in [3.63, 3.8) is 0 Å². The predicted molar refractivity (Wildman–Crippen MR) is 254 cm³/mol. The van der Waals surface area contributed by atoms with Crippen molar-refractivity contribution >= 4 is 52.5 Å². The number of rotatable bonds is 13. The lowest BCUT2D eigenvalue weighted by Gasteiger charge is -2.43. The van der Waals surface area contributed by atoms with Crippen molar-refractivity contribution in [3.05, 3.63) is 107 Å². The number of piperidine rings is 2. The Morgan fingerprint density at radius 3 is 2.26 bits per heavy atom. The van der Waals surface area contributed by atoms with E-state index < -0.39 is 29.7 Å². The minimum atomic E-state index is -1.04. The van der Waals surface area contributed by atoms with E-state index in [1.54, 1.807) is 23.1 Å². The summed E-state index contributed by atoms with van der Waals surface area (Å²) in [7, 11) is 0. The van der Waals surface area contributed by atoms with Gasteiger partial charge in [-0.25, -0.2) is 0 Å². The van der Waals surface area contributed by atoms with E-state index in [9.17, 15) is 28.8 Å². The number of anilines is 2. The van der Waals surface area contributed by atoms with Crippen LogP contribution in [0, 0.1) is 12.8 Å². The molecule has 68 heavy (non-hydrogen) atoms. The lowest BCUT2D eigenvalue weighted by Crippen LogP contribution is -2.58. The van der Waals surface area contributed by atoms with Crippen LogP contribution in [0.1, 0.15) is 70.4 Å². The lowest BCUT2D eigenvalue weighted by molar-refractivity contribution is -0.307. The quantitative estimate of drug-likeness (QED) is 0.119. The molecule has 0 radical (unpaired) electrons. The third-order valence-electron chi connectivity index (χ3n) is 14.5. The maximum atomic E-state index is 13.6. The van der Waals surface area contributed by atoms with Crippen LogP contribution in [0.15, 0.2) is 84.3 Å². The molecule has 0 saturated carbocycles. The monoisotopic (exact) mass is 928 g/mol. The zero-order valence-corrected chi connectivity index (χ0v) is 38.7. The van der Waals surface area contributed by atoms with Crippen molar-refractivity contribution < 1.29 is 39.2 Å². The first-order chi connectivity index (χ1) is 32.8. The highest BCUT2D eigenvalue weighted by Crippen LogP contribution is 2.39. The molecule has 6 aliphatic heterocycles. The van der Waals surface area contributed by atoms with Gasteiger partial charge < -0.3 is 46.9 Å². The van der Waals surface area contributed by atoms with Crippen LogP contribution in [-0.2, 0) is 19.2 Å². The first-order valence-corrected chi connectivity index (χ1v) is 23.8. The molecule has 3 aromatic rings. The SMILES string of the molecule is Cc1ccccc1/C(N)=C/C(=C(\N)[NH3+])N1CC2CCC(C1)N2c1cccc(OCCN2CCN(C(=O)CNC(=O)C3CCN(c4cccc5c4C(=O)N(C4CCC(=O)NC4=O)C5=O)CC3)CC2)c1. The summed E-state index contributed by atoms with van der Waals surface area (Å²) < 4.78 is 6.29. The molecule has 5 fully saturated rings. The Morgan fingerprint density at radius 1 is 0.838 bits per heavy atom. The number of likely N-dealkylation sites (tertiary alicyclic amines) is 1. The fourth-order valence-electron chi connectivity index (χ4n) is 10.8. The average Bonchev–Trinajstić information content (AvgIpc) is 3.76. The molecule has 18 heteroatoms. The summed E-state index contributed by atoms with van der Waals surface area (Å²) in [4.78, 5) is 89.6. The largest absolute Gasteiger partial charge is 0.492 e. The van der Waals surface area contributed by atoms with Crippen molar-refractivity contribution in [3.8, 4) is 5.75 Å². The molecule has 0 aromatic heterocycles. The van der Waals surface area contributed by atoms with E-state index >= 15 is 0 Å². The maximum absolute atomic E-state index is 13.6. The Bertz CT molecular complexity index is 2530. The summed E-state index contributed by atoms with van der Waals surface area (Å²) in [5.41, 5.74) is 22.9. The van der Waals surface area contributed by atoms with Crippen LogP contribution in [0.3, 0.4) is 0 Å². The fourth-order valence-corrected chi connectivity index (χ4v) is 10.8. The van der Waals surface area contributed by atoms with Crippen molar-refractivity contribution in [2.45, 2.75) is 63.6 Å². The molecule has 358 valence electrons. The second-order valence-electron chi connectivity index (χ2n) is 18.7. The van der Waals surface area contributed by atoms with Crippen LogP contribution in [0.25, 0.3) is 5.70 Å². The second kappa shape index (κ2) is 19.7. The van der Waals surface area contributed by atoms with Gasteiger partial charge in [0.1, 0.15) is 24.1 Å². The van der Waals surface area contributed by atoms with Crippen molar-refractivity contribution in [1.82, 2.24) is 30.2 Å². The number of ether oxygens (including phenoxy) is 1. The van der Waals surface area contributed by atoms with Gasteiger partial charge in [-0.15, -0.1) is 0 Å². The molecule has 6 heterocycles. The minimum Gasteiger partial charge on any atom is -0.492 e. The molecule has 6 aliphatic rings. The van der Waals surface area contributed by atoms with Gasteiger partial charge in [0.15, 0.2) is 0 Å². The number of nitrogens with two attached hydrogens (primary N) is 2. The number of amides is 6. The zero-order chi connectivity index (χ0) is 47.6. The number of hydrogen-bond acceptors (Lipinski definition) is 13. The number of nitrogens with one attached hydrogen (secondary N) is 2. The van der Waals surface area contributed by atoms with Crippen LogP contribution < -0.4 is 42.4 Å². The molecule has 9 N–H and O–H groups in total.